The highest BCUT2D eigenvalue weighted by atomic mass is 16.5. The lowest BCUT2D eigenvalue weighted by Gasteiger charge is -2.27. The summed E-state index contributed by atoms with van der Waals surface area (Å²) in [5, 5.41) is 12.2. The summed E-state index contributed by atoms with van der Waals surface area (Å²) in [5.41, 5.74) is 3.17. The second-order valence-corrected chi connectivity index (χ2v) is 6.12. The number of nitriles is 1. The number of ether oxygens (including phenoxy) is 1. The summed E-state index contributed by atoms with van der Waals surface area (Å²) in [6.45, 7) is 5.94. The van der Waals surface area contributed by atoms with Gasteiger partial charge in [0.25, 0.3) is 0 Å². The Morgan fingerprint density at radius 2 is 1.76 bits per heavy atom. The molecule has 1 aliphatic rings. The first-order chi connectivity index (χ1) is 12.3. The van der Waals surface area contributed by atoms with Crippen LogP contribution < -0.4 is 10.1 Å². The summed E-state index contributed by atoms with van der Waals surface area (Å²) in [5.74, 6) is 0.773. The van der Waals surface area contributed by atoms with Crippen molar-refractivity contribution >= 4 is 6.08 Å². The predicted octanol–water partition coefficient (Wildman–Crippen LogP) is 3.06. The van der Waals surface area contributed by atoms with Gasteiger partial charge in [-0.15, -0.1) is 0 Å². The number of hydrogen-bond acceptors (Lipinski definition) is 4. The van der Waals surface area contributed by atoms with Crippen molar-refractivity contribution in [1.29, 1.82) is 5.26 Å². The summed E-state index contributed by atoms with van der Waals surface area (Å²) in [6.07, 6.45) is 4.07. The zero-order chi connectivity index (χ0) is 17.3. The van der Waals surface area contributed by atoms with Gasteiger partial charge < -0.3 is 10.1 Å². The first-order valence-corrected chi connectivity index (χ1v) is 8.65. The second-order valence-electron chi connectivity index (χ2n) is 6.12. The van der Waals surface area contributed by atoms with E-state index in [1.165, 1.54) is 11.1 Å². The van der Waals surface area contributed by atoms with E-state index in [0.717, 1.165) is 38.5 Å². The molecule has 4 nitrogen and oxygen atoms in total. The van der Waals surface area contributed by atoms with Crippen molar-refractivity contribution in [2.75, 3.05) is 32.8 Å². The molecule has 2 aromatic carbocycles. The van der Waals surface area contributed by atoms with Crippen LogP contribution in [0.25, 0.3) is 6.08 Å². The van der Waals surface area contributed by atoms with E-state index in [1.807, 2.05) is 18.2 Å². The molecule has 4 heteroatoms. The minimum Gasteiger partial charge on any atom is -0.490 e. The van der Waals surface area contributed by atoms with E-state index in [0.29, 0.717) is 12.2 Å². The van der Waals surface area contributed by atoms with Crippen LogP contribution in [-0.2, 0) is 6.54 Å². The quantitative estimate of drug-likeness (QED) is 0.883. The lowest BCUT2D eigenvalue weighted by Crippen LogP contribution is -2.42. The Bertz CT molecular complexity index is 723. The number of hydrogen-bond donors (Lipinski definition) is 1. The summed E-state index contributed by atoms with van der Waals surface area (Å²) in [6, 6.07) is 17.9. The zero-order valence-corrected chi connectivity index (χ0v) is 14.3. The number of benzene rings is 2. The molecule has 1 heterocycles. The monoisotopic (exact) mass is 333 g/mol. The SMILES string of the molecule is N#Cc1ccc(OC/C=C/c2ccc(CN3CCNCC3)cc2)cc1. The van der Waals surface area contributed by atoms with Gasteiger partial charge in [0.1, 0.15) is 12.4 Å². The number of piperazine rings is 1. The van der Waals surface area contributed by atoms with E-state index < -0.39 is 0 Å². The highest BCUT2D eigenvalue weighted by Crippen LogP contribution is 2.12. The molecular weight excluding hydrogens is 310 g/mol. The van der Waals surface area contributed by atoms with Crippen LogP contribution in [0.1, 0.15) is 16.7 Å². The van der Waals surface area contributed by atoms with Crippen molar-refractivity contribution < 1.29 is 4.74 Å². The number of nitrogens with zero attached hydrogens (tertiary/aromatic N) is 2. The van der Waals surface area contributed by atoms with Crippen molar-refractivity contribution in [2.45, 2.75) is 6.54 Å². The first-order valence-electron chi connectivity index (χ1n) is 8.65. The highest BCUT2D eigenvalue weighted by molar-refractivity contribution is 5.49. The molecule has 0 amide bonds. The van der Waals surface area contributed by atoms with E-state index in [9.17, 15) is 0 Å². The Balaban J connectivity index is 1.45. The second kappa shape index (κ2) is 9.03. The third-order valence-corrected chi connectivity index (χ3v) is 4.24. The summed E-state index contributed by atoms with van der Waals surface area (Å²) in [4.78, 5) is 2.48. The third-order valence-electron chi connectivity index (χ3n) is 4.24. The number of rotatable bonds is 6. The molecule has 0 radical (unpaired) electrons. The van der Waals surface area contributed by atoms with E-state index in [1.54, 1.807) is 12.1 Å². The standard InChI is InChI=1S/C21H23N3O/c22-16-19-7-9-21(10-8-19)25-15-1-2-18-3-5-20(6-4-18)17-24-13-11-23-12-14-24/h1-10,23H,11-15,17H2/b2-1+. The van der Waals surface area contributed by atoms with Crippen LogP contribution in [0.15, 0.2) is 54.6 Å². The molecule has 0 aromatic heterocycles. The topological polar surface area (TPSA) is 48.3 Å². The van der Waals surface area contributed by atoms with Gasteiger partial charge in [0.2, 0.25) is 0 Å². The molecular formula is C21H23N3O. The normalized spacial score (nSPS) is 15.2. The molecule has 1 saturated heterocycles. The fourth-order valence-electron chi connectivity index (χ4n) is 2.82. The lowest BCUT2D eigenvalue weighted by atomic mass is 10.1. The molecule has 1 aliphatic heterocycles. The molecule has 128 valence electrons. The summed E-state index contributed by atoms with van der Waals surface area (Å²) < 4.78 is 5.64. The Morgan fingerprint density at radius 3 is 2.44 bits per heavy atom. The van der Waals surface area contributed by atoms with Gasteiger partial charge in [0.15, 0.2) is 0 Å². The largest absolute Gasteiger partial charge is 0.490 e. The molecule has 1 fully saturated rings. The predicted molar refractivity (Wildman–Crippen MR) is 100 cm³/mol. The molecule has 0 saturated carbocycles. The van der Waals surface area contributed by atoms with Gasteiger partial charge >= 0.3 is 0 Å². The van der Waals surface area contributed by atoms with Crippen LogP contribution in [0.3, 0.4) is 0 Å². The zero-order valence-electron chi connectivity index (χ0n) is 14.3. The molecule has 1 N–H and O–H groups in total. The van der Waals surface area contributed by atoms with Crippen LogP contribution in [0.4, 0.5) is 0 Å². The van der Waals surface area contributed by atoms with Crippen LogP contribution in [-0.4, -0.2) is 37.7 Å². The first kappa shape index (κ1) is 17.2. The van der Waals surface area contributed by atoms with Crippen molar-refractivity contribution in [2.24, 2.45) is 0 Å². The Morgan fingerprint density at radius 1 is 1.04 bits per heavy atom. The Labute approximate surface area is 149 Å². The van der Waals surface area contributed by atoms with Gasteiger partial charge in [-0.25, -0.2) is 0 Å². The van der Waals surface area contributed by atoms with E-state index >= 15 is 0 Å². The van der Waals surface area contributed by atoms with E-state index in [-0.39, 0.29) is 0 Å². The van der Waals surface area contributed by atoms with Crippen molar-refractivity contribution in [3.63, 3.8) is 0 Å². The maximum absolute atomic E-state index is 8.77. The fourth-order valence-corrected chi connectivity index (χ4v) is 2.82. The maximum Gasteiger partial charge on any atom is 0.119 e. The summed E-state index contributed by atoms with van der Waals surface area (Å²) in [7, 11) is 0. The molecule has 0 spiro atoms. The van der Waals surface area contributed by atoms with Crippen LogP contribution in [0.5, 0.6) is 5.75 Å². The third kappa shape index (κ3) is 5.46. The van der Waals surface area contributed by atoms with Crippen LogP contribution >= 0.6 is 0 Å². The minimum absolute atomic E-state index is 0.508. The average molecular weight is 333 g/mol. The molecule has 3 rings (SSSR count). The minimum atomic E-state index is 0.508. The van der Waals surface area contributed by atoms with E-state index in [2.05, 4.69) is 46.6 Å². The Hall–Kier alpha value is -2.61. The molecule has 25 heavy (non-hydrogen) atoms. The van der Waals surface area contributed by atoms with Crippen molar-refractivity contribution in [1.82, 2.24) is 10.2 Å². The van der Waals surface area contributed by atoms with Gasteiger partial charge in [-0.3, -0.25) is 4.90 Å². The van der Waals surface area contributed by atoms with Gasteiger partial charge in [-0.05, 0) is 41.5 Å². The summed E-state index contributed by atoms with van der Waals surface area (Å²) >= 11 is 0. The maximum atomic E-state index is 8.77. The Kier molecular flexibility index (Phi) is 6.22. The highest BCUT2D eigenvalue weighted by Gasteiger charge is 2.09. The average Bonchev–Trinajstić information content (AvgIpc) is 2.68. The van der Waals surface area contributed by atoms with Crippen LogP contribution in [0.2, 0.25) is 0 Å². The molecule has 2 aromatic rings. The number of nitrogens with one attached hydrogen (secondary N) is 1. The molecule has 0 bridgehead atoms. The van der Waals surface area contributed by atoms with Crippen molar-refractivity contribution in [3.8, 4) is 11.8 Å². The van der Waals surface area contributed by atoms with Gasteiger partial charge in [0, 0.05) is 32.7 Å². The van der Waals surface area contributed by atoms with Gasteiger partial charge in [-0.1, -0.05) is 30.3 Å². The van der Waals surface area contributed by atoms with Gasteiger partial charge in [-0.2, -0.15) is 5.26 Å². The lowest BCUT2D eigenvalue weighted by molar-refractivity contribution is 0.233. The molecule has 0 unspecified atom stereocenters. The smallest absolute Gasteiger partial charge is 0.119 e. The molecule has 0 aliphatic carbocycles. The van der Waals surface area contributed by atoms with Crippen molar-refractivity contribution in [3.05, 3.63) is 71.3 Å². The van der Waals surface area contributed by atoms with E-state index in [4.69, 9.17) is 10.00 Å². The molecule has 0 atom stereocenters. The van der Waals surface area contributed by atoms with Gasteiger partial charge in [0.05, 0.1) is 11.6 Å². The fraction of sp³-hybridized carbons (Fsp3) is 0.286. The van der Waals surface area contributed by atoms with Crippen LogP contribution in [0, 0.1) is 11.3 Å².